The number of carbonyl (C=O) groups excluding carboxylic acids is 1. The second-order valence-electron chi connectivity index (χ2n) is 8.30. The first kappa shape index (κ1) is 19.6. The van der Waals surface area contributed by atoms with Crippen LogP contribution in [-0.4, -0.2) is 33.4 Å². The van der Waals surface area contributed by atoms with E-state index >= 15 is 0 Å². The van der Waals surface area contributed by atoms with Crippen molar-refractivity contribution in [1.82, 2.24) is 14.5 Å². The van der Waals surface area contributed by atoms with E-state index in [-0.39, 0.29) is 5.91 Å². The molecule has 2 aromatic carbocycles. The van der Waals surface area contributed by atoms with Gasteiger partial charge in [0.2, 0.25) is 0 Å². The Kier molecular flexibility index (Phi) is 5.67. The van der Waals surface area contributed by atoms with Crippen molar-refractivity contribution in [1.29, 1.82) is 0 Å². The minimum atomic E-state index is -0.0840. The van der Waals surface area contributed by atoms with E-state index in [2.05, 4.69) is 34.7 Å². The monoisotopic (exact) mass is 390 g/mol. The molecule has 1 aliphatic rings. The first-order valence-corrected chi connectivity index (χ1v) is 10.6. The average molecular weight is 391 g/mol. The number of nitrogens with one attached hydrogen (secondary N) is 1. The highest BCUT2D eigenvalue weighted by atomic mass is 16.1. The molecule has 4 rings (SSSR count). The summed E-state index contributed by atoms with van der Waals surface area (Å²) in [5.74, 6) is 1.03. The molecule has 3 aromatic rings. The molecule has 5 heteroatoms. The molecule has 0 radical (unpaired) electrons. The van der Waals surface area contributed by atoms with Crippen LogP contribution in [0.15, 0.2) is 42.5 Å². The van der Waals surface area contributed by atoms with Crippen molar-refractivity contribution in [3.8, 4) is 0 Å². The molecule has 1 aromatic heterocycles. The van der Waals surface area contributed by atoms with Gasteiger partial charge in [0.25, 0.3) is 5.91 Å². The van der Waals surface area contributed by atoms with Crippen LogP contribution in [0.2, 0.25) is 0 Å². The summed E-state index contributed by atoms with van der Waals surface area (Å²) in [7, 11) is 0. The van der Waals surface area contributed by atoms with Gasteiger partial charge in [-0.3, -0.25) is 9.69 Å². The smallest absolute Gasteiger partial charge is 0.255 e. The predicted octanol–water partition coefficient (Wildman–Crippen LogP) is 5.16. The third kappa shape index (κ3) is 4.20. The van der Waals surface area contributed by atoms with Crippen LogP contribution in [0.1, 0.15) is 60.9 Å². The Balaban J connectivity index is 1.61. The highest BCUT2D eigenvalue weighted by molar-refractivity contribution is 6.05. The van der Waals surface area contributed by atoms with Gasteiger partial charge in [0, 0.05) is 17.3 Å². The Hall–Kier alpha value is -2.66. The molecule has 29 heavy (non-hydrogen) atoms. The quantitative estimate of drug-likeness (QED) is 0.654. The minimum Gasteiger partial charge on any atom is -0.324 e. The van der Waals surface area contributed by atoms with Crippen LogP contribution >= 0.6 is 0 Å². The molecular formula is C24H30N4O. The zero-order valence-corrected chi connectivity index (χ0v) is 17.6. The number of likely N-dealkylation sites (tertiary alicyclic amines) is 1. The molecule has 1 aliphatic heterocycles. The standard InChI is InChI=1S/C24H30N4O/c1-17(2)28-22-12-11-19(25-24(29)20-10-6-5-9-18(20)3)15-21(22)26-23(28)16-27-13-7-4-8-14-27/h5-6,9-12,15,17H,4,7-8,13-14,16H2,1-3H3,(H,25,29). The molecular weight excluding hydrogens is 360 g/mol. The van der Waals surface area contributed by atoms with Crippen molar-refractivity contribution in [2.24, 2.45) is 0 Å². The number of amides is 1. The molecule has 0 aliphatic carbocycles. The van der Waals surface area contributed by atoms with Crippen molar-refractivity contribution in [2.45, 2.75) is 52.6 Å². The largest absolute Gasteiger partial charge is 0.324 e. The maximum Gasteiger partial charge on any atom is 0.255 e. The van der Waals surface area contributed by atoms with E-state index in [4.69, 9.17) is 4.98 Å². The summed E-state index contributed by atoms with van der Waals surface area (Å²) in [6.45, 7) is 9.55. The fraction of sp³-hybridized carbons (Fsp3) is 0.417. The lowest BCUT2D eigenvalue weighted by Crippen LogP contribution is -2.30. The number of imidazole rings is 1. The van der Waals surface area contributed by atoms with E-state index in [1.54, 1.807) is 0 Å². The number of aromatic nitrogens is 2. The number of carbonyl (C=O) groups is 1. The molecule has 1 N–H and O–H groups in total. The molecule has 1 amide bonds. The van der Waals surface area contributed by atoms with Gasteiger partial charge in [-0.05, 0) is 76.5 Å². The van der Waals surface area contributed by atoms with Gasteiger partial charge in [0.05, 0.1) is 17.6 Å². The van der Waals surface area contributed by atoms with Crippen molar-refractivity contribution in [2.75, 3.05) is 18.4 Å². The van der Waals surface area contributed by atoms with Crippen LogP contribution in [0.5, 0.6) is 0 Å². The van der Waals surface area contributed by atoms with Crippen LogP contribution in [0, 0.1) is 6.92 Å². The van der Waals surface area contributed by atoms with Crippen LogP contribution in [0.4, 0.5) is 5.69 Å². The van der Waals surface area contributed by atoms with Crippen LogP contribution in [0.25, 0.3) is 11.0 Å². The number of hydrogen-bond acceptors (Lipinski definition) is 3. The Morgan fingerprint density at radius 2 is 1.86 bits per heavy atom. The van der Waals surface area contributed by atoms with Crippen LogP contribution < -0.4 is 5.32 Å². The summed E-state index contributed by atoms with van der Waals surface area (Å²) in [5, 5.41) is 3.03. The summed E-state index contributed by atoms with van der Waals surface area (Å²) >= 11 is 0. The topological polar surface area (TPSA) is 50.2 Å². The van der Waals surface area contributed by atoms with Gasteiger partial charge < -0.3 is 9.88 Å². The zero-order chi connectivity index (χ0) is 20.4. The molecule has 1 fully saturated rings. The van der Waals surface area contributed by atoms with Gasteiger partial charge in [-0.2, -0.15) is 0 Å². The Morgan fingerprint density at radius 3 is 2.59 bits per heavy atom. The van der Waals surface area contributed by atoms with Gasteiger partial charge in [-0.1, -0.05) is 24.6 Å². The summed E-state index contributed by atoms with van der Waals surface area (Å²) in [6.07, 6.45) is 3.88. The van der Waals surface area contributed by atoms with E-state index in [0.29, 0.717) is 11.6 Å². The second kappa shape index (κ2) is 8.37. The minimum absolute atomic E-state index is 0.0840. The average Bonchev–Trinajstić information content (AvgIpc) is 3.06. The second-order valence-corrected chi connectivity index (χ2v) is 8.30. The lowest BCUT2D eigenvalue weighted by atomic mass is 10.1. The fourth-order valence-corrected chi connectivity index (χ4v) is 4.26. The van der Waals surface area contributed by atoms with Crippen molar-refractivity contribution in [3.05, 3.63) is 59.4 Å². The summed E-state index contributed by atoms with van der Waals surface area (Å²) < 4.78 is 2.33. The van der Waals surface area contributed by atoms with Gasteiger partial charge >= 0.3 is 0 Å². The highest BCUT2D eigenvalue weighted by Gasteiger charge is 2.18. The predicted molar refractivity (Wildman–Crippen MR) is 118 cm³/mol. The Labute approximate surface area is 172 Å². The summed E-state index contributed by atoms with van der Waals surface area (Å²) in [6, 6.07) is 14.0. The van der Waals surface area contributed by atoms with Gasteiger partial charge in [-0.15, -0.1) is 0 Å². The number of benzene rings is 2. The maximum absolute atomic E-state index is 12.7. The molecule has 5 nitrogen and oxygen atoms in total. The van der Waals surface area contributed by atoms with E-state index < -0.39 is 0 Å². The number of piperidine rings is 1. The first-order chi connectivity index (χ1) is 14.0. The molecule has 0 bridgehead atoms. The van der Waals surface area contributed by atoms with Crippen LogP contribution in [-0.2, 0) is 6.54 Å². The molecule has 0 unspecified atom stereocenters. The first-order valence-electron chi connectivity index (χ1n) is 10.6. The molecule has 1 saturated heterocycles. The molecule has 2 heterocycles. The maximum atomic E-state index is 12.7. The van der Waals surface area contributed by atoms with E-state index in [0.717, 1.165) is 47.7 Å². The SMILES string of the molecule is Cc1ccccc1C(=O)Nc1ccc2c(c1)nc(CN1CCCCC1)n2C(C)C. The van der Waals surface area contributed by atoms with E-state index in [9.17, 15) is 4.79 Å². The van der Waals surface area contributed by atoms with Crippen molar-refractivity contribution < 1.29 is 4.79 Å². The number of rotatable bonds is 5. The number of aryl methyl sites for hydroxylation is 1. The lowest BCUT2D eigenvalue weighted by molar-refractivity contribution is 0.102. The van der Waals surface area contributed by atoms with E-state index in [1.807, 2.05) is 43.3 Å². The number of hydrogen-bond donors (Lipinski definition) is 1. The van der Waals surface area contributed by atoms with Gasteiger partial charge in [-0.25, -0.2) is 4.98 Å². The van der Waals surface area contributed by atoms with Crippen LogP contribution in [0.3, 0.4) is 0 Å². The summed E-state index contributed by atoms with van der Waals surface area (Å²) in [5.41, 5.74) is 4.52. The van der Waals surface area contributed by atoms with Gasteiger partial charge in [0.1, 0.15) is 5.82 Å². The molecule has 0 saturated carbocycles. The third-order valence-electron chi connectivity index (χ3n) is 5.74. The normalized spacial score (nSPS) is 15.2. The highest BCUT2D eigenvalue weighted by Crippen LogP contribution is 2.26. The zero-order valence-electron chi connectivity index (χ0n) is 17.6. The number of anilines is 1. The molecule has 152 valence electrons. The van der Waals surface area contributed by atoms with Crippen molar-refractivity contribution >= 4 is 22.6 Å². The number of nitrogens with zero attached hydrogens (tertiary/aromatic N) is 3. The Bertz CT molecular complexity index is 1010. The lowest BCUT2D eigenvalue weighted by Gasteiger charge is -2.26. The van der Waals surface area contributed by atoms with Crippen molar-refractivity contribution in [3.63, 3.8) is 0 Å². The number of fused-ring (bicyclic) bond motifs is 1. The fourth-order valence-electron chi connectivity index (χ4n) is 4.26. The summed E-state index contributed by atoms with van der Waals surface area (Å²) in [4.78, 5) is 20.1. The Morgan fingerprint density at radius 1 is 1.10 bits per heavy atom. The van der Waals surface area contributed by atoms with Gasteiger partial charge in [0.15, 0.2) is 0 Å². The molecule has 0 atom stereocenters. The molecule has 0 spiro atoms. The third-order valence-corrected chi connectivity index (χ3v) is 5.74. The van der Waals surface area contributed by atoms with E-state index in [1.165, 1.54) is 19.3 Å².